The summed E-state index contributed by atoms with van der Waals surface area (Å²) < 4.78 is 52.3. The molecule has 0 saturated heterocycles. The van der Waals surface area contributed by atoms with Gasteiger partial charge >= 0.3 is 0 Å². The predicted octanol–water partition coefficient (Wildman–Crippen LogP) is 3.23. The Balaban J connectivity index is 3.14. The molecule has 8 heteroatoms. The van der Waals surface area contributed by atoms with Crippen LogP contribution in [0, 0.1) is 0 Å². The summed E-state index contributed by atoms with van der Waals surface area (Å²) in [7, 11) is -6.57. The van der Waals surface area contributed by atoms with E-state index >= 15 is 0 Å². The molecule has 0 aromatic rings. The highest BCUT2D eigenvalue weighted by atomic mass is 32.2. The van der Waals surface area contributed by atoms with Gasteiger partial charge in [0.25, 0.3) is 20.2 Å². The molecule has 0 radical (unpaired) electrons. The van der Waals surface area contributed by atoms with Crippen LogP contribution >= 0.6 is 0 Å². The summed E-state index contributed by atoms with van der Waals surface area (Å²) in [5.41, 5.74) is 0. The van der Waals surface area contributed by atoms with Crippen molar-refractivity contribution in [2.24, 2.45) is 0 Å². The highest BCUT2D eigenvalue weighted by Crippen LogP contribution is 2.11. The van der Waals surface area contributed by atoms with Crippen molar-refractivity contribution in [2.45, 2.75) is 70.6 Å². The highest BCUT2D eigenvalue weighted by molar-refractivity contribution is 7.86. The summed E-state index contributed by atoms with van der Waals surface area (Å²) in [5.74, 6) is 0. The molecule has 0 N–H and O–H groups in total. The minimum Gasteiger partial charge on any atom is -0.270 e. The lowest BCUT2D eigenvalue weighted by molar-refractivity contribution is 0.309. The first kappa shape index (κ1) is 22.8. The van der Waals surface area contributed by atoms with E-state index in [1.807, 2.05) is 0 Å². The number of unbranched alkanes of at least 4 members (excludes halogenated alkanes) is 10. The summed E-state index contributed by atoms with van der Waals surface area (Å²) in [6.07, 6.45) is 14.0. The molecule has 0 atom stereocenters. The monoisotopic (exact) mass is 372 g/mol. The molecule has 0 aromatic heterocycles. The van der Waals surface area contributed by atoms with Crippen LogP contribution in [0.3, 0.4) is 0 Å². The number of rotatable bonds is 16. The molecule has 0 rings (SSSR count). The molecule has 140 valence electrons. The summed E-state index contributed by atoms with van der Waals surface area (Å²) in [6.45, 7) is 0.587. The Kier molecular flexibility index (Phi) is 13.0. The van der Waals surface area contributed by atoms with Gasteiger partial charge in [0.15, 0.2) is 0 Å². The molecule has 0 aromatic carbocycles. The van der Waals surface area contributed by atoms with Crippen molar-refractivity contribution < 1.29 is 25.2 Å². The molecule has 0 amide bonds. The van der Waals surface area contributed by atoms with Crippen molar-refractivity contribution in [2.75, 3.05) is 25.7 Å². The maximum Gasteiger partial charge on any atom is 0.264 e. The molecular weight excluding hydrogens is 340 g/mol. The Labute approximate surface area is 142 Å². The third kappa shape index (κ3) is 21.8. The fourth-order valence-corrected chi connectivity index (χ4v) is 3.06. The average molecular weight is 373 g/mol. The quantitative estimate of drug-likeness (QED) is 0.305. The van der Waals surface area contributed by atoms with E-state index in [0.29, 0.717) is 13.2 Å². The van der Waals surface area contributed by atoms with E-state index in [1.54, 1.807) is 0 Å². The van der Waals surface area contributed by atoms with Gasteiger partial charge < -0.3 is 0 Å². The second-order valence-electron chi connectivity index (χ2n) is 5.94. The van der Waals surface area contributed by atoms with Gasteiger partial charge in [-0.25, -0.2) is 0 Å². The van der Waals surface area contributed by atoms with Crippen molar-refractivity contribution in [1.82, 2.24) is 0 Å². The van der Waals surface area contributed by atoms with Crippen molar-refractivity contribution >= 4 is 20.2 Å². The first-order chi connectivity index (χ1) is 10.7. The van der Waals surface area contributed by atoms with Crippen LogP contribution in [0.4, 0.5) is 0 Å². The maximum absolute atomic E-state index is 10.7. The van der Waals surface area contributed by atoms with E-state index in [4.69, 9.17) is 0 Å². The molecule has 6 nitrogen and oxygen atoms in total. The van der Waals surface area contributed by atoms with Crippen LogP contribution in [0.2, 0.25) is 0 Å². The van der Waals surface area contributed by atoms with E-state index in [-0.39, 0.29) is 0 Å². The Morgan fingerprint density at radius 2 is 0.696 bits per heavy atom. The Hall–Kier alpha value is -0.180. The Morgan fingerprint density at radius 1 is 0.478 bits per heavy atom. The second-order valence-corrected chi connectivity index (χ2v) is 9.23. The third-order valence-corrected chi connectivity index (χ3v) is 4.57. The molecule has 0 spiro atoms. The molecule has 0 aliphatic heterocycles. The highest BCUT2D eigenvalue weighted by Gasteiger charge is 2.01. The fourth-order valence-electron chi connectivity index (χ4n) is 2.22. The smallest absolute Gasteiger partial charge is 0.264 e. The Bertz CT molecular complexity index is 426. The summed E-state index contributed by atoms with van der Waals surface area (Å²) in [6, 6.07) is 0. The predicted molar refractivity (Wildman–Crippen MR) is 92.4 cm³/mol. The first-order valence-corrected chi connectivity index (χ1v) is 12.0. The summed E-state index contributed by atoms with van der Waals surface area (Å²) in [5, 5.41) is 0. The van der Waals surface area contributed by atoms with Gasteiger partial charge in [0.1, 0.15) is 0 Å². The van der Waals surface area contributed by atoms with Crippen molar-refractivity contribution in [3.05, 3.63) is 0 Å². The minimum atomic E-state index is -3.29. The zero-order chi connectivity index (χ0) is 17.6. The third-order valence-electron chi connectivity index (χ3n) is 3.38. The maximum atomic E-state index is 10.7. The molecule has 0 aliphatic carbocycles. The lowest BCUT2D eigenvalue weighted by atomic mass is 10.1. The van der Waals surface area contributed by atoms with Crippen molar-refractivity contribution in [3.8, 4) is 0 Å². The number of hydrogen-bond donors (Lipinski definition) is 0. The normalized spacial score (nSPS) is 12.6. The van der Waals surface area contributed by atoms with Crippen LogP contribution in [-0.4, -0.2) is 42.6 Å². The van der Waals surface area contributed by atoms with E-state index in [9.17, 15) is 16.8 Å². The van der Waals surface area contributed by atoms with Crippen LogP contribution < -0.4 is 0 Å². The van der Waals surface area contributed by atoms with Crippen LogP contribution in [0.15, 0.2) is 0 Å². The van der Waals surface area contributed by atoms with E-state index < -0.39 is 20.2 Å². The lowest BCUT2D eigenvalue weighted by Crippen LogP contribution is -2.03. The van der Waals surface area contributed by atoms with E-state index in [0.717, 1.165) is 51.0 Å². The zero-order valence-corrected chi connectivity index (χ0v) is 16.1. The standard InChI is InChI=1S/C15H32O6S2/c1-22(16,17)20-14-12-10-8-6-4-3-5-7-9-11-13-15-21-23(2,18)19/h3-15H2,1-2H3. The largest absolute Gasteiger partial charge is 0.270 e. The summed E-state index contributed by atoms with van der Waals surface area (Å²) >= 11 is 0. The van der Waals surface area contributed by atoms with Crippen LogP contribution in [0.1, 0.15) is 70.6 Å². The fraction of sp³-hybridized carbons (Fsp3) is 1.00. The molecular formula is C15H32O6S2. The molecule has 23 heavy (non-hydrogen) atoms. The van der Waals surface area contributed by atoms with Gasteiger partial charge in [0, 0.05) is 0 Å². The SMILES string of the molecule is CS(=O)(=O)OCCCCCCCCCCCCCOS(C)(=O)=O. The van der Waals surface area contributed by atoms with Gasteiger partial charge in [0.05, 0.1) is 25.7 Å². The van der Waals surface area contributed by atoms with Gasteiger partial charge in [-0.2, -0.15) is 16.8 Å². The van der Waals surface area contributed by atoms with Crippen LogP contribution in [0.5, 0.6) is 0 Å². The molecule has 0 unspecified atom stereocenters. The average Bonchev–Trinajstić information content (AvgIpc) is 2.40. The molecule has 0 heterocycles. The van der Waals surface area contributed by atoms with E-state index in [1.165, 1.54) is 32.1 Å². The van der Waals surface area contributed by atoms with Gasteiger partial charge in [-0.05, 0) is 12.8 Å². The molecule has 0 fully saturated rings. The molecule has 0 aliphatic rings. The van der Waals surface area contributed by atoms with E-state index in [2.05, 4.69) is 8.37 Å². The number of hydrogen-bond acceptors (Lipinski definition) is 6. The molecule has 0 bridgehead atoms. The van der Waals surface area contributed by atoms with Gasteiger partial charge in [-0.1, -0.05) is 57.8 Å². The second kappa shape index (κ2) is 13.1. The first-order valence-electron chi connectivity index (χ1n) is 8.39. The van der Waals surface area contributed by atoms with Gasteiger partial charge in [-0.15, -0.1) is 0 Å². The molecule has 0 saturated carbocycles. The summed E-state index contributed by atoms with van der Waals surface area (Å²) in [4.78, 5) is 0. The zero-order valence-electron chi connectivity index (χ0n) is 14.5. The lowest BCUT2D eigenvalue weighted by Gasteiger charge is -2.04. The van der Waals surface area contributed by atoms with Gasteiger partial charge in [-0.3, -0.25) is 8.37 Å². The van der Waals surface area contributed by atoms with Gasteiger partial charge in [0.2, 0.25) is 0 Å². The van der Waals surface area contributed by atoms with Crippen molar-refractivity contribution in [3.63, 3.8) is 0 Å². The Morgan fingerprint density at radius 3 is 0.913 bits per heavy atom. The van der Waals surface area contributed by atoms with Crippen molar-refractivity contribution in [1.29, 1.82) is 0 Å². The van der Waals surface area contributed by atoms with Crippen LogP contribution in [0.25, 0.3) is 0 Å². The minimum absolute atomic E-state index is 0.294. The van der Waals surface area contributed by atoms with Crippen LogP contribution in [-0.2, 0) is 28.6 Å². The topological polar surface area (TPSA) is 86.7 Å².